The molecule has 7 heteroatoms. The number of hydrogen-bond acceptors (Lipinski definition) is 4. The maximum absolute atomic E-state index is 5.65. The Bertz CT molecular complexity index is 234. The minimum absolute atomic E-state index is 0.673. The van der Waals surface area contributed by atoms with E-state index in [-0.39, 0.29) is 0 Å². The number of rotatable bonds is 8. The Morgan fingerprint density at radius 2 is 1.43 bits per heavy atom. The second kappa shape index (κ2) is 14.3. The molecule has 0 aliphatic heterocycles. The minimum Gasteiger partial charge on any atom is -0.374 e. The molecule has 0 saturated heterocycles. The summed E-state index contributed by atoms with van der Waals surface area (Å²) in [7, 11) is 5.20. The van der Waals surface area contributed by atoms with Gasteiger partial charge in [-0.1, -0.05) is 13.3 Å². The first-order chi connectivity index (χ1) is 9.96. The molecule has 0 atom stereocenters. The van der Waals surface area contributed by atoms with Gasteiger partial charge in [-0.25, -0.2) is 0 Å². The van der Waals surface area contributed by atoms with E-state index in [0.29, 0.717) is 19.8 Å². The van der Waals surface area contributed by atoms with Gasteiger partial charge in [-0.2, -0.15) is 0 Å². The molecule has 0 spiro atoms. The summed E-state index contributed by atoms with van der Waals surface area (Å²) in [5.74, 6) is 0.894. The third-order valence-electron chi connectivity index (χ3n) is 2.51. The first-order valence-corrected chi connectivity index (χ1v) is 9.63. The Hall–Kier alpha value is -0.633. The fourth-order valence-electron chi connectivity index (χ4n) is 1.84. The van der Waals surface area contributed by atoms with Crippen LogP contribution in [0.25, 0.3) is 0 Å². The fourth-order valence-corrected chi connectivity index (χ4v) is 4.46. The molecule has 1 N–H and O–H groups in total. The van der Waals surface area contributed by atoms with Crippen molar-refractivity contribution in [1.82, 2.24) is 10.2 Å². The van der Waals surface area contributed by atoms with E-state index in [1.165, 1.54) is 0 Å². The molecule has 21 heavy (non-hydrogen) atoms. The maximum Gasteiger partial charge on any atom is 0.500 e. The molecule has 0 aromatic rings. The molecular weight excluding hydrogens is 286 g/mol. The molecule has 0 rings (SSSR count). The zero-order chi connectivity index (χ0) is 16.7. The molecule has 0 aromatic heterocycles. The van der Waals surface area contributed by atoms with Gasteiger partial charge in [0.15, 0.2) is 5.96 Å². The van der Waals surface area contributed by atoms with Crippen LogP contribution >= 0.6 is 0 Å². The van der Waals surface area contributed by atoms with Gasteiger partial charge in [0.05, 0.1) is 0 Å². The summed E-state index contributed by atoms with van der Waals surface area (Å²) in [6.07, 6.45) is 1.05. The van der Waals surface area contributed by atoms with Crippen molar-refractivity contribution in [2.24, 2.45) is 4.99 Å². The monoisotopic (exact) mass is 321 g/mol. The fraction of sp³-hybridized carbons (Fsp3) is 0.929. The van der Waals surface area contributed by atoms with Crippen LogP contribution in [0.3, 0.4) is 0 Å². The van der Waals surface area contributed by atoms with Gasteiger partial charge in [0, 0.05) is 54.1 Å². The number of aliphatic imine (C=N–C) groups is 1. The minimum atomic E-state index is -2.30. The molecule has 0 bridgehead atoms. The third-order valence-corrected chi connectivity index (χ3v) is 5.81. The van der Waals surface area contributed by atoms with E-state index in [9.17, 15) is 0 Å². The highest BCUT2D eigenvalue weighted by molar-refractivity contribution is 6.60. The summed E-state index contributed by atoms with van der Waals surface area (Å²) >= 11 is 0. The molecule has 0 radical (unpaired) electrons. The van der Waals surface area contributed by atoms with Crippen LogP contribution < -0.4 is 5.32 Å². The highest BCUT2D eigenvalue weighted by Crippen LogP contribution is 2.17. The molecule has 6 nitrogen and oxygen atoms in total. The van der Waals surface area contributed by atoms with Crippen LogP contribution in [-0.2, 0) is 13.3 Å². The molecule has 0 aliphatic rings. The molecule has 0 aliphatic carbocycles. The number of hydrogen-bond donors (Lipinski definition) is 1. The van der Waals surface area contributed by atoms with Gasteiger partial charge >= 0.3 is 8.80 Å². The van der Waals surface area contributed by atoms with Crippen LogP contribution in [-0.4, -0.2) is 67.7 Å². The lowest BCUT2D eigenvalue weighted by molar-refractivity contribution is 0.0712. The quantitative estimate of drug-likeness (QED) is 0.422. The predicted octanol–water partition coefficient (Wildman–Crippen LogP) is 2.20. The van der Waals surface area contributed by atoms with Crippen molar-refractivity contribution in [3.05, 3.63) is 0 Å². The summed E-state index contributed by atoms with van der Waals surface area (Å²) in [5.41, 5.74) is 0. The topological polar surface area (TPSA) is 55.3 Å². The zero-order valence-corrected chi connectivity index (χ0v) is 16.2. The van der Waals surface area contributed by atoms with Crippen molar-refractivity contribution in [2.45, 2.75) is 40.2 Å². The van der Waals surface area contributed by atoms with Crippen molar-refractivity contribution in [3.63, 3.8) is 0 Å². The Labute approximate surface area is 132 Å². The molecule has 128 valence electrons. The smallest absolute Gasteiger partial charge is 0.374 e. The van der Waals surface area contributed by atoms with Gasteiger partial charge in [-0.15, -0.1) is 0 Å². The summed E-state index contributed by atoms with van der Waals surface area (Å²) in [5, 5.41) is 2.93. The van der Waals surface area contributed by atoms with Gasteiger partial charge < -0.3 is 23.5 Å². The lowest BCUT2D eigenvalue weighted by atomic mass is 10.6. The number of guanidine groups is 1. The van der Waals surface area contributed by atoms with Crippen molar-refractivity contribution in [1.29, 1.82) is 0 Å². The van der Waals surface area contributed by atoms with Crippen molar-refractivity contribution >= 4 is 14.8 Å². The molecule has 0 unspecified atom stereocenters. The van der Waals surface area contributed by atoms with E-state index in [2.05, 4.69) is 17.2 Å². The number of nitrogens with one attached hydrogen (secondary N) is 1. The lowest BCUT2D eigenvalue weighted by Gasteiger charge is -2.27. The van der Waals surface area contributed by atoms with E-state index in [0.717, 1.165) is 18.4 Å². The van der Waals surface area contributed by atoms with Crippen molar-refractivity contribution < 1.29 is 13.3 Å². The Balaban J connectivity index is 0. The Kier molecular flexibility index (Phi) is 15.4. The van der Waals surface area contributed by atoms with Crippen LogP contribution in [0.5, 0.6) is 0 Å². The van der Waals surface area contributed by atoms with Crippen LogP contribution in [0.4, 0.5) is 0 Å². The van der Waals surface area contributed by atoms with E-state index in [4.69, 9.17) is 13.3 Å². The van der Waals surface area contributed by atoms with Crippen molar-refractivity contribution in [2.75, 3.05) is 48.0 Å². The zero-order valence-electron chi connectivity index (χ0n) is 15.2. The summed E-state index contributed by atoms with van der Waals surface area (Å²) < 4.78 is 16.9. The molecule has 0 aromatic carbocycles. The maximum atomic E-state index is 5.65. The summed E-state index contributed by atoms with van der Waals surface area (Å²) in [6.45, 7) is 10.1. The Morgan fingerprint density at radius 1 is 1.00 bits per heavy atom. The summed E-state index contributed by atoms with van der Waals surface area (Å²) in [4.78, 5) is 5.85. The average Bonchev–Trinajstić information content (AvgIpc) is 2.41. The van der Waals surface area contributed by atoms with E-state index >= 15 is 0 Å². The largest absolute Gasteiger partial charge is 0.500 e. The normalized spacial score (nSPS) is 11.7. The third kappa shape index (κ3) is 10.7. The van der Waals surface area contributed by atoms with Gasteiger partial charge in [0.25, 0.3) is 0 Å². The average molecular weight is 322 g/mol. The number of nitrogens with zero attached hydrogens (tertiary/aromatic N) is 2. The van der Waals surface area contributed by atoms with E-state index in [1.54, 1.807) is 7.05 Å². The van der Waals surface area contributed by atoms with E-state index in [1.807, 2.05) is 46.8 Å². The van der Waals surface area contributed by atoms with Gasteiger partial charge in [0.1, 0.15) is 0 Å². The highest BCUT2D eigenvalue weighted by atomic mass is 28.4. The predicted molar refractivity (Wildman–Crippen MR) is 91.8 cm³/mol. The van der Waals surface area contributed by atoms with E-state index < -0.39 is 8.80 Å². The van der Waals surface area contributed by atoms with Crippen LogP contribution in [0.2, 0.25) is 6.04 Å². The van der Waals surface area contributed by atoms with Crippen LogP contribution in [0, 0.1) is 0 Å². The first-order valence-electron chi connectivity index (χ1n) is 7.70. The van der Waals surface area contributed by atoms with Crippen LogP contribution in [0.15, 0.2) is 4.99 Å². The molecule has 0 heterocycles. The lowest BCUT2D eigenvalue weighted by Crippen LogP contribution is -2.45. The molecule has 0 fully saturated rings. The molecular formula is C14H35N3O3Si. The standard InChI is InChI=1S/C9H22O3Si.C5H13N3/c1-5-9-13(10-6-2,11-7-3)12-8-4;1-6-5(7-2)8(3)4/h5-9H2,1-4H3;1-4H3,(H,6,7). The molecule has 0 saturated carbocycles. The van der Waals surface area contributed by atoms with Gasteiger partial charge in [-0.05, 0) is 20.8 Å². The van der Waals surface area contributed by atoms with Crippen molar-refractivity contribution in [3.8, 4) is 0 Å². The Morgan fingerprint density at radius 3 is 1.57 bits per heavy atom. The summed E-state index contributed by atoms with van der Waals surface area (Å²) in [6, 6.07) is 0.919. The highest BCUT2D eigenvalue weighted by Gasteiger charge is 2.38. The van der Waals surface area contributed by atoms with Gasteiger partial charge in [0.2, 0.25) is 0 Å². The second-order valence-corrected chi connectivity index (χ2v) is 7.16. The SMILES string of the molecule is CCC[Si](OCC)(OCC)OCC.CN=C(NC)N(C)C. The van der Waals surface area contributed by atoms with Crippen LogP contribution in [0.1, 0.15) is 34.1 Å². The molecule has 0 amide bonds. The van der Waals surface area contributed by atoms with Gasteiger partial charge in [-0.3, -0.25) is 4.99 Å². The second-order valence-electron chi connectivity index (χ2n) is 4.42. The first kappa shape index (κ1) is 22.6.